The molecule has 1 saturated carbocycles. The fourth-order valence-electron chi connectivity index (χ4n) is 3.48. The van der Waals surface area contributed by atoms with Crippen molar-refractivity contribution in [2.45, 2.75) is 57.2 Å². The first-order valence-electron chi connectivity index (χ1n) is 8.07. The van der Waals surface area contributed by atoms with Gasteiger partial charge in [-0.3, -0.25) is 14.5 Å². The third-order valence-electron chi connectivity index (χ3n) is 4.99. The van der Waals surface area contributed by atoms with Crippen LogP contribution in [0, 0.1) is 5.92 Å². The molecule has 0 aromatic rings. The maximum Gasteiger partial charge on any atom is 0.325 e. The summed E-state index contributed by atoms with van der Waals surface area (Å²) in [6.45, 7) is 4.52. The Hall–Kier alpha value is -1.34. The molecule has 3 N–H and O–H groups in total. The van der Waals surface area contributed by atoms with Gasteiger partial charge in [0.05, 0.1) is 0 Å². The summed E-state index contributed by atoms with van der Waals surface area (Å²) in [6, 6.07) is 0.0292. The molecule has 3 rings (SSSR count). The Bertz CT molecular complexity index is 511. The first-order valence-corrected chi connectivity index (χ1v) is 8.07. The molecule has 0 spiro atoms. The standard InChI is InChI=1S/C15H24N4O3.ClH/c1-9-7-11(5-6-16-9)17-12(20)8-19-13(21)15(2,10-3-4-10)18-14(19)22;/h9-11,16H,3-8H2,1-2H3,(H,17,20)(H,18,22);1H. The van der Waals surface area contributed by atoms with E-state index in [2.05, 4.69) is 22.9 Å². The second kappa shape index (κ2) is 6.65. The van der Waals surface area contributed by atoms with Crippen LogP contribution in [-0.2, 0) is 9.59 Å². The lowest BCUT2D eigenvalue weighted by atomic mass is 9.96. The highest BCUT2D eigenvalue weighted by Crippen LogP contribution is 2.42. The highest BCUT2D eigenvalue weighted by Gasteiger charge is 2.56. The molecule has 4 amide bonds. The predicted molar refractivity (Wildman–Crippen MR) is 87.3 cm³/mol. The van der Waals surface area contributed by atoms with Gasteiger partial charge in [-0.15, -0.1) is 12.4 Å². The van der Waals surface area contributed by atoms with Crippen molar-refractivity contribution in [3.8, 4) is 0 Å². The summed E-state index contributed by atoms with van der Waals surface area (Å²) >= 11 is 0. The van der Waals surface area contributed by atoms with Gasteiger partial charge in [0.1, 0.15) is 12.1 Å². The Balaban J connectivity index is 0.00000192. The minimum absolute atomic E-state index is 0. The van der Waals surface area contributed by atoms with Crippen molar-refractivity contribution >= 4 is 30.3 Å². The van der Waals surface area contributed by atoms with Crippen LogP contribution in [0.4, 0.5) is 4.79 Å². The second-order valence-electron chi connectivity index (χ2n) is 6.94. The summed E-state index contributed by atoms with van der Waals surface area (Å²) < 4.78 is 0. The summed E-state index contributed by atoms with van der Waals surface area (Å²) in [5, 5.41) is 9.01. The maximum atomic E-state index is 12.5. The van der Waals surface area contributed by atoms with Crippen LogP contribution < -0.4 is 16.0 Å². The van der Waals surface area contributed by atoms with Gasteiger partial charge in [0, 0.05) is 12.1 Å². The Morgan fingerprint density at radius 3 is 2.65 bits per heavy atom. The monoisotopic (exact) mass is 344 g/mol. The number of hydrogen-bond donors (Lipinski definition) is 3. The SMILES string of the molecule is CC1CC(NC(=O)CN2C(=O)NC(C)(C3CC3)C2=O)CCN1.Cl. The van der Waals surface area contributed by atoms with E-state index in [1.54, 1.807) is 6.92 Å². The first kappa shape index (κ1) is 18.0. The van der Waals surface area contributed by atoms with Gasteiger partial charge in [0.15, 0.2) is 0 Å². The fourth-order valence-corrected chi connectivity index (χ4v) is 3.48. The van der Waals surface area contributed by atoms with Crippen LogP contribution in [0.15, 0.2) is 0 Å². The van der Waals surface area contributed by atoms with E-state index in [1.807, 2.05) is 0 Å². The van der Waals surface area contributed by atoms with Crippen LogP contribution in [0.5, 0.6) is 0 Å². The Kier molecular flexibility index (Phi) is 5.20. The molecule has 3 unspecified atom stereocenters. The van der Waals surface area contributed by atoms with Crippen LogP contribution in [-0.4, -0.2) is 53.5 Å². The number of imide groups is 1. The predicted octanol–water partition coefficient (Wildman–Crippen LogP) is 0.385. The van der Waals surface area contributed by atoms with Crippen LogP contribution in [0.1, 0.15) is 39.5 Å². The molecule has 0 aromatic heterocycles. The number of amides is 4. The minimum atomic E-state index is -0.819. The number of halogens is 1. The quantitative estimate of drug-likeness (QED) is 0.643. The number of nitrogens with one attached hydrogen (secondary N) is 3. The highest BCUT2D eigenvalue weighted by molar-refractivity contribution is 6.09. The number of piperidine rings is 1. The number of urea groups is 1. The van der Waals surface area contributed by atoms with E-state index in [1.165, 1.54) is 0 Å². The van der Waals surface area contributed by atoms with Gasteiger partial charge in [-0.05, 0) is 52.0 Å². The lowest BCUT2D eigenvalue weighted by Crippen LogP contribution is -2.50. The van der Waals surface area contributed by atoms with Crippen LogP contribution in [0.25, 0.3) is 0 Å². The van der Waals surface area contributed by atoms with Gasteiger partial charge in [0.25, 0.3) is 5.91 Å². The van der Waals surface area contributed by atoms with Crippen LogP contribution >= 0.6 is 12.4 Å². The molecule has 0 aromatic carbocycles. The lowest BCUT2D eigenvalue weighted by molar-refractivity contribution is -0.135. The summed E-state index contributed by atoms with van der Waals surface area (Å²) in [5.74, 6) is -0.321. The summed E-state index contributed by atoms with van der Waals surface area (Å²) in [5.41, 5.74) is -0.819. The van der Waals surface area contributed by atoms with Crippen molar-refractivity contribution < 1.29 is 14.4 Å². The van der Waals surface area contributed by atoms with Gasteiger partial charge in [-0.2, -0.15) is 0 Å². The number of carbonyl (C=O) groups excluding carboxylic acids is 3. The van der Waals surface area contributed by atoms with E-state index in [-0.39, 0.29) is 42.7 Å². The molecule has 3 atom stereocenters. The third kappa shape index (κ3) is 3.61. The molecule has 23 heavy (non-hydrogen) atoms. The summed E-state index contributed by atoms with van der Waals surface area (Å²) in [4.78, 5) is 37.7. The number of nitrogens with zero attached hydrogens (tertiary/aromatic N) is 1. The van der Waals surface area contributed by atoms with Gasteiger partial charge < -0.3 is 16.0 Å². The number of hydrogen-bond acceptors (Lipinski definition) is 4. The second-order valence-corrected chi connectivity index (χ2v) is 6.94. The van der Waals surface area contributed by atoms with Gasteiger partial charge in [-0.25, -0.2) is 4.79 Å². The largest absolute Gasteiger partial charge is 0.352 e. The molecule has 130 valence electrons. The molecule has 2 saturated heterocycles. The molecule has 0 radical (unpaired) electrons. The molecule has 0 bridgehead atoms. The molecule has 8 heteroatoms. The molecule has 1 aliphatic carbocycles. The lowest BCUT2D eigenvalue weighted by Gasteiger charge is -2.29. The average molecular weight is 345 g/mol. The van der Waals surface area contributed by atoms with E-state index in [0.717, 1.165) is 37.1 Å². The smallest absolute Gasteiger partial charge is 0.325 e. The Morgan fingerprint density at radius 1 is 1.35 bits per heavy atom. The topological polar surface area (TPSA) is 90.5 Å². The number of carbonyl (C=O) groups is 3. The van der Waals surface area contributed by atoms with Crippen molar-refractivity contribution in [2.24, 2.45) is 5.92 Å². The van der Waals surface area contributed by atoms with Gasteiger partial charge in [0.2, 0.25) is 5.91 Å². The van der Waals surface area contributed by atoms with Crippen molar-refractivity contribution in [3.63, 3.8) is 0 Å². The van der Waals surface area contributed by atoms with Gasteiger partial charge >= 0.3 is 6.03 Å². The normalized spacial score (nSPS) is 33.9. The zero-order chi connectivity index (χ0) is 15.9. The van der Waals surface area contributed by atoms with E-state index >= 15 is 0 Å². The zero-order valence-corrected chi connectivity index (χ0v) is 14.4. The molecule has 3 fully saturated rings. The van der Waals surface area contributed by atoms with Crippen molar-refractivity contribution in [1.82, 2.24) is 20.9 Å². The third-order valence-corrected chi connectivity index (χ3v) is 4.99. The fraction of sp³-hybridized carbons (Fsp3) is 0.800. The average Bonchev–Trinajstić information content (AvgIpc) is 3.25. The summed E-state index contributed by atoms with van der Waals surface area (Å²) in [6.07, 6.45) is 3.65. The first-order chi connectivity index (χ1) is 10.4. The number of rotatable bonds is 4. The van der Waals surface area contributed by atoms with Crippen molar-refractivity contribution in [1.29, 1.82) is 0 Å². The van der Waals surface area contributed by atoms with Crippen LogP contribution in [0.3, 0.4) is 0 Å². The summed E-state index contributed by atoms with van der Waals surface area (Å²) in [7, 11) is 0. The minimum Gasteiger partial charge on any atom is -0.352 e. The van der Waals surface area contributed by atoms with Crippen molar-refractivity contribution in [2.75, 3.05) is 13.1 Å². The van der Waals surface area contributed by atoms with E-state index in [0.29, 0.717) is 6.04 Å². The Morgan fingerprint density at radius 2 is 2.04 bits per heavy atom. The van der Waals surface area contributed by atoms with Crippen LogP contribution in [0.2, 0.25) is 0 Å². The zero-order valence-electron chi connectivity index (χ0n) is 13.6. The molecular weight excluding hydrogens is 320 g/mol. The van der Waals surface area contributed by atoms with Crippen molar-refractivity contribution in [3.05, 3.63) is 0 Å². The molecule has 3 aliphatic rings. The molecule has 7 nitrogen and oxygen atoms in total. The molecule has 2 heterocycles. The van der Waals surface area contributed by atoms with E-state index in [9.17, 15) is 14.4 Å². The Labute approximate surface area is 142 Å². The highest BCUT2D eigenvalue weighted by atomic mass is 35.5. The molecule has 2 aliphatic heterocycles. The van der Waals surface area contributed by atoms with E-state index in [4.69, 9.17) is 0 Å². The maximum absolute atomic E-state index is 12.5. The van der Waals surface area contributed by atoms with E-state index < -0.39 is 11.6 Å². The van der Waals surface area contributed by atoms with Gasteiger partial charge in [-0.1, -0.05) is 0 Å². The molecular formula is C15H25ClN4O3.